The quantitative estimate of drug-likeness (QED) is 0.768. The fourth-order valence-corrected chi connectivity index (χ4v) is 1.64. The van der Waals surface area contributed by atoms with Crippen LogP contribution >= 0.6 is 0 Å². The van der Waals surface area contributed by atoms with E-state index in [-0.39, 0.29) is 12.3 Å². The van der Waals surface area contributed by atoms with Gasteiger partial charge in [0.15, 0.2) is 0 Å². The van der Waals surface area contributed by atoms with Gasteiger partial charge in [-0.2, -0.15) is 0 Å². The first kappa shape index (κ1) is 12.5. The van der Waals surface area contributed by atoms with Crippen molar-refractivity contribution in [3.05, 3.63) is 29.8 Å². The Labute approximate surface area is 95.0 Å². The molecule has 4 heteroatoms. The molecule has 0 aliphatic rings. The zero-order valence-corrected chi connectivity index (χ0v) is 9.35. The SMILES string of the molecule is CCOc1ccccc1C(CN)CC(=O)O. The second kappa shape index (κ2) is 6.12. The monoisotopic (exact) mass is 223 g/mol. The van der Waals surface area contributed by atoms with Crippen molar-refractivity contribution in [2.24, 2.45) is 5.73 Å². The van der Waals surface area contributed by atoms with Gasteiger partial charge in [-0.1, -0.05) is 18.2 Å². The lowest BCUT2D eigenvalue weighted by Gasteiger charge is -2.17. The van der Waals surface area contributed by atoms with E-state index in [0.29, 0.717) is 13.2 Å². The summed E-state index contributed by atoms with van der Waals surface area (Å²) in [6.07, 6.45) is 0.0284. The fraction of sp³-hybridized carbons (Fsp3) is 0.417. The van der Waals surface area contributed by atoms with Gasteiger partial charge < -0.3 is 15.6 Å². The summed E-state index contributed by atoms with van der Waals surface area (Å²) in [6.45, 7) is 2.75. The lowest BCUT2D eigenvalue weighted by atomic mass is 9.95. The van der Waals surface area contributed by atoms with Crippen molar-refractivity contribution < 1.29 is 14.6 Å². The molecule has 0 bridgehead atoms. The number of carboxylic acid groups (broad SMARTS) is 1. The number of aliphatic carboxylic acids is 1. The van der Waals surface area contributed by atoms with Crippen LogP contribution in [0.15, 0.2) is 24.3 Å². The van der Waals surface area contributed by atoms with Crippen molar-refractivity contribution in [2.45, 2.75) is 19.3 Å². The van der Waals surface area contributed by atoms with Gasteiger partial charge in [-0.05, 0) is 25.1 Å². The van der Waals surface area contributed by atoms with Crippen LogP contribution in [0.2, 0.25) is 0 Å². The van der Waals surface area contributed by atoms with E-state index in [1.54, 1.807) is 0 Å². The maximum atomic E-state index is 10.7. The summed E-state index contributed by atoms with van der Waals surface area (Å²) in [5, 5.41) is 8.80. The summed E-state index contributed by atoms with van der Waals surface area (Å²) in [6, 6.07) is 7.43. The fourth-order valence-electron chi connectivity index (χ4n) is 1.64. The highest BCUT2D eigenvalue weighted by molar-refractivity contribution is 5.68. The van der Waals surface area contributed by atoms with Gasteiger partial charge in [0.25, 0.3) is 0 Å². The molecule has 16 heavy (non-hydrogen) atoms. The van der Waals surface area contributed by atoms with Crippen molar-refractivity contribution in [1.82, 2.24) is 0 Å². The topological polar surface area (TPSA) is 72.5 Å². The molecule has 1 aromatic rings. The molecule has 1 aromatic carbocycles. The predicted octanol–water partition coefficient (Wildman–Crippen LogP) is 1.60. The van der Waals surface area contributed by atoms with Crippen LogP contribution in [0.1, 0.15) is 24.8 Å². The Kier molecular flexibility index (Phi) is 4.79. The standard InChI is InChI=1S/C12H17NO3/c1-2-16-11-6-4-3-5-10(11)9(8-13)7-12(14)15/h3-6,9H,2,7-8,13H2,1H3,(H,14,15). The van der Waals surface area contributed by atoms with Gasteiger partial charge in [-0.3, -0.25) is 4.79 Å². The van der Waals surface area contributed by atoms with E-state index in [1.165, 1.54) is 0 Å². The third kappa shape index (κ3) is 3.24. The van der Waals surface area contributed by atoms with Crippen LogP contribution in [-0.4, -0.2) is 24.2 Å². The van der Waals surface area contributed by atoms with Crippen LogP contribution in [0, 0.1) is 0 Å². The van der Waals surface area contributed by atoms with E-state index in [0.717, 1.165) is 11.3 Å². The molecule has 0 aliphatic carbocycles. The molecule has 88 valence electrons. The average Bonchev–Trinajstić information content (AvgIpc) is 2.27. The number of carbonyl (C=O) groups is 1. The average molecular weight is 223 g/mol. The lowest BCUT2D eigenvalue weighted by molar-refractivity contribution is -0.137. The number of benzene rings is 1. The molecule has 0 saturated heterocycles. The molecule has 1 atom stereocenters. The molecule has 0 radical (unpaired) electrons. The molecule has 0 heterocycles. The Morgan fingerprint density at radius 3 is 2.75 bits per heavy atom. The molecule has 0 spiro atoms. The molecule has 0 fully saturated rings. The number of para-hydroxylation sites is 1. The van der Waals surface area contributed by atoms with E-state index >= 15 is 0 Å². The first-order valence-electron chi connectivity index (χ1n) is 5.32. The second-order valence-corrected chi connectivity index (χ2v) is 3.50. The highest BCUT2D eigenvalue weighted by Crippen LogP contribution is 2.28. The highest BCUT2D eigenvalue weighted by atomic mass is 16.5. The second-order valence-electron chi connectivity index (χ2n) is 3.50. The number of carboxylic acids is 1. The Balaban J connectivity index is 2.94. The molecule has 0 aliphatic heterocycles. The summed E-state index contributed by atoms with van der Waals surface area (Å²) in [4.78, 5) is 10.7. The van der Waals surface area contributed by atoms with E-state index < -0.39 is 5.97 Å². The molecule has 3 N–H and O–H groups in total. The Bertz CT molecular complexity index is 352. The zero-order chi connectivity index (χ0) is 12.0. The molecule has 1 unspecified atom stereocenters. The highest BCUT2D eigenvalue weighted by Gasteiger charge is 2.17. The Morgan fingerprint density at radius 1 is 1.50 bits per heavy atom. The largest absolute Gasteiger partial charge is 0.494 e. The zero-order valence-electron chi connectivity index (χ0n) is 9.35. The summed E-state index contributed by atoms with van der Waals surface area (Å²) in [7, 11) is 0. The minimum atomic E-state index is -0.846. The van der Waals surface area contributed by atoms with E-state index in [4.69, 9.17) is 15.6 Å². The predicted molar refractivity (Wildman–Crippen MR) is 61.7 cm³/mol. The van der Waals surface area contributed by atoms with Crippen LogP contribution < -0.4 is 10.5 Å². The normalized spacial score (nSPS) is 12.1. The molecule has 0 amide bonds. The first-order chi connectivity index (χ1) is 7.69. The smallest absolute Gasteiger partial charge is 0.304 e. The minimum absolute atomic E-state index is 0.0284. The van der Waals surface area contributed by atoms with Gasteiger partial charge in [0.05, 0.1) is 13.0 Å². The summed E-state index contributed by atoms with van der Waals surface area (Å²) >= 11 is 0. The summed E-state index contributed by atoms with van der Waals surface area (Å²) in [5.41, 5.74) is 6.47. The van der Waals surface area contributed by atoms with Crippen molar-refractivity contribution >= 4 is 5.97 Å². The van der Waals surface area contributed by atoms with Crippen LogP contribution in [0.4, 0.5) is 0 Å². The number of rotatable bonds is 6. The van der Waals surface area contributed by atoms with Gasteiger partial charge in [-0.15, -0.1) is 0 Å². The first-order valence-corrected chi connectivity index (χ1v) is 5.32. The molecular weight excluding hydrogens is 206 g/mol. The van der Waals surface area contributed by atoms with Gasteiger partial charge in [0.2, 0.25) is 0 Å². The van der Waals surface area contributed by atoms with Gasteiger partial charge >= 0.3 is 5.97 Å². The summed E-state index contributed by atoms with van der Waals surface area (Å²) < 4.78 is 5.45. The third-order valence-electron chi connectivity index (χ3n) is 2.36. The maximum absolute atomic E-state index is 10.7. The van der Waals surface area contributed by atoms with Gasteiger partial charge in [0.1, 0.15) is 5.75 Å². The number of hydrogen-bond acceptors (Lipinski definition) is 3. The molecule has 0 saturated carbocycles. The van der Waals surface area contributed by atoms with Crippen LogP contribution in [0.3, 0.4) is 0 Å². The molecule has 4 nitrogen and oxygen atoms in total. The van der Waals surface area contributed by atoms with E-state index in [9.17, 15) is 4.79 Å². The number of nitrogens with two attached hydrogens (primary N) is 1. The van der Waals surface area contributed by atoms with Gasteiger partial charge in [-0.25, -0.2) is 0 Å². The lowest BCUT2D eigenvalue weighted by Crippen LogP contribution is -2.17. The number of ether oxygens (including phenoxy) is 1. The molecule has 0 aromatic heterocycles. The van der Waals surface area contributed by atoms with Gasteiger partial charge in [0, 0.05) is 5.92 Å². The number of hydrogen-bond donors (Lipinski definition) is 2. The van der Waals surface area contributed by atoms with Crippen LogP contribution in [0.5, 0.6) is 5.75 Å². The molecule has 1 rings (SSSR count). The van der Waals surface area contributed by atoms with E-state index in [1.807, 2.05) is 31.2 Å². The van der Waals surface area contributed by atoms with Crippen molar-refractivity contribution in [3.63, 3.8) is 0 Å². The van der Waals surface area contributed by atoms with Crippen LogP contribution in [-0.2, 0) is 4.79 Å². The molecular formula is C12H17NO3. The Hall–Kier alpha value is -1.55. The summed E-state index contributed by atoms with van der Waals surface area (Å²) in [5.74, 6) is -0.316. The Morgan fingerprint density at radius 2 is 2.19 bits per heavy atom. The van der Waals surface area contributed by atoms with E-state index in [2.05, 4.69) is 0 Å². The third-order valence-corrected chi connectivity index (χ3v) is 2.36. The maximum Gasteiger partial charge on any atom is 0.304 e. The van der Waals surface area contributed by atoms with Crippen molar-refractivity contribution in [2.75, 3.05) is 13.2 Å². The minimum Gasteiger partial charge on any atom is -0.494 e. The van der Waals surface area contributed by atoms with Crippen molar-refractivity contribution in [3.8, 4) is 5.75 Å². The van der Waals surface area contributed by atoms with Crippen molar-refractivity contribution in [1.29, 1.82) is 0 Å². The van der Waals surface area contributed by atoms with Crippen LogP contribution in [0.25, 0.3) is 0 Å².